The normalized spacial score (nSPS) is 11.8. The molecule has 0 rings (SSSR count). The first-order valence-corrected chi connectivity index (χ1v) is 6.90. The molecule has 7 nitrogen and oxygen atoms in total. The topological polar surface area (TPSA) is 108 Å². The summed E-state index contributed by atoms with van der Waals surface area (Å²) < 4.78 is 0. The lowest BCUT2D eigenvalue weighted by molar-refractivity contribution is -0.139. The number of hydrogen-bond donors (Lipinski definition) is 4. The first kappa shape index (κ1) is 18.2. The first-order chi connectivity index (χ1) is 9.36. The van der Waals surface area contributed by atoms with Crippen LogP contribution < -0.4 is 16.0 Å². The summed E-state index contributed by atoms with van der Waals surface area (Å²) in [7, 11) is 0. The summed E-state index contributed by atoms with van der Waals surface area (Å²) in [5, 5.41) is 16.3. The van der Waals surface area contributed by atoms with Gasteiger partial charge in [0.2, 0.25) is 5.91 Å². The Labute approximate surface area is 119 Å². The van der Waals surface area contributed by atoms with Crippen LogP contribution in [0.15, 0.2) is 0 Å². The fourth-order valence-corrected chi connectivity index (χ4v) is 1.42. The molecule has 0 spiro atoms. The Morgan fingerprint density at radius 3 is 2.30 bits per heavy atom. The Balaban J connectivity index is 4.01. The average molecular weight is 287 g/mol. The van der Waals surface area contributed by atoms with Gasteiger partial charge in [0, 0.05) is 6.54 Å². The smallest absolute Gasteiger partial charge is 0.326 e. The molecule has 0 aromatic carbocycles. The summed E-state index contributed by atoms with van der Waals surface area (Å²) >= 11 is 0. The third-order valence-electron chi connectivity index (χ3n) is 2.57. The van der Waals surface area contributed by atoms with Crippen LogP contribution in [-0.4, -0.2) is 42.1 Å². The fraction of sp³-hybridized carbons (Fsp3) is 0.769. The number of carbonyl (C=O) groups is 3. The van der Waals surface area contributed by atoms with Gasteiger partial charge in [0.05, 0.1) is 6.54 Å². The van der Waals surface area contributed by atoms with Gasteiger partial charge in [-0.2, -0.15) is 0 Å². The average Bonchev–Trinajstić information content (AvgIpc) is 2.38. The standard InChI is InChI=1S/C13H25N3O4/c1-4-5-6-10(12(18)19)16-13(20)15-8-11(17)14-7-9(2)3/h9-10H,4-8H2,1-3H3,(H,14,17)(H,18,19)(H2,15,16,20)/t10-/m0/s1. The molecule has 0 aromatic rings. The van der Waals surface area contributed by atoms with Crippen LogP contribution >= 0.6 is 0 Å². The molecule has 116 valence electrons. The number of carbonyl (C=O) groups excluding carboxylic acids is 2. The van der Waals surface area contributed by atoms with Gasteiger partial charge in [-0.1, -0.05) is 33.6 Å². The molecule has 0 fully saturated rings. The van der Waals surface area contributed by atoms with Crippen molar-refractivity contribution in [1.82, 2.24) is 16.0 Å². The van der Waals surface area contributed by atoms with E-state index < -0.39 is 18.0 Å². The van der Waals surface area contributed by atoms with E-state index in [0.717, 1.165) is 6.42 Å². The Morgan fingerprint density at radius 2 is 1.80 bits per heavy atom. The second-order valence-electron chi connectivity index (χ2n) is 5.06. The Bertz CT molecular complexity index is 332. The summed E-state index contributed by atoms with van der Waals surface area (Å²) in [6, 6.07) is -1.57. The number of rotatable bonds is 9. The molecular formula is C13H25N3O4. The lowest BCUT2D eigenvalue weighted by Gasteiger charge is -2.15. The van der Waals surface area contributed by atoms with Gasteiger partial charge >= 0.3 is 12.0 Å². The number of amides is 3. The summed E-state index contributed by atoms with van der Waals surface area (Å²) in [6.45, 7) is 6.24. The molecule has 0 bridgehead atoms. The monoisotopic (exact) mass is 287 g/mol. The van der Waals surface area contributed by atoms with E-state index in [4.69, 9.17) is 5.11 Å². The summed E-state index contributed by atoms with van der Waals surface area (Å²) in [4.78, 5) is 33.8. The molecule has 0 aliphatic rings. The van der Waals surface area contributed by atoms with Gasteiger partial charge in [-0.05, 0) is 12.3 Å². The molecule has 0 aromatic heterocycles. The highest BCUT2D eigenvalue weighted by Crippen LogP contribution is 2.00. The van der Waals surface area contributed by atoms with E-state index in [1.54, 1.807) is 0 Å². The lowest BCUT2D eigenvalue weighted by Crippen LogP contribution is -2.48. The van der Waals surface area contributed by atoms with E-state index in [2.05, 4.69) is 16.0 Å². The van der Waals surface area contributed by atoms with Gasteiger partial charge in [0.25, 0.3) is 0 Å². The third-order valence-corrected chi connectivity index (χ3v) is 2.57. The van der Waals surface area contributed by atoms with Crippen molar-refractivity contribution in [3.05, 3.63) is 0 Å². The van der Waals surface area contributed by atoms with Crippen LogP contribution in [0.4, 0.5) is 4.79 Å². The molecule has 0 aliphatic carbocycles. The maximum atomic E-state index is 11.5. The zero-order valence-electron chi connectivity index (χ0n) is 12.4. The van der Waals surface area contributed by atoms with E-state index >= 15 is 0 Å². The van der Waals surface area contributed by atoms with Gasteiger partial charge in [-0.25, -0.2) is 9.59 Å². The van der Waals surface area contributed by atoms with Crippen molar-refractivity contribution in [1.29, 1.82) is 0 Å². The van der Waals surface area contributed by atoms with Crippen LogP contribution in [0.2, 0.25) is 0 Å². The highest BCUT2D eigenvalue weighted by atomic mass is 16.4. The Kier molecular flexibility index (Phi) is 9.15. The predicted molar refractivity (Wildman–Crippen MR) is 75.3 cm³/mol. The van der Waals surface area contributed by atoms with Crippen LogP contribution in [0.1, 0.15) is 40.0 Å². The minimum absolute atomic E-state index is 0.168. The van der Waals surface area contributed by atoms with E-state index in [-0.39, 0.29) is 12.5 Å². The van der Waals surface area contributed by atoms with Gasteiger partial charge in [-0.15, -0.1) is 0 Å². The number of hydrogen-bond acceptors (Lipinski definition) is 3. The maximum absolute atomic E-state index is 11.5. The van der Waals surface area contributed by atoms with Gasteiger partial charge in [0.1, 0.15) is 6.04 Å². The molecular weight excluding hydrogens is 262 g/mol. The molecule has 0 aliphatic heterocycles. The van der Waals surface area contributed by atoms with E-state index in [9.17, 15) is 14.4 Å². The molecule has 7 heteroatoms. The van der Waals surface area contributed by atoms with Gasteiger partial charge < -0.3 is 21.1 Å². The van der Waals surface area contributed by atoms with Crippen LogP contribution in [0.5, 0.6) is 0 Å². The minimum Gasteiger partial charge on any atom is -0.480 e. The Morgan fingerprint density at radius 1 is 1.15 bits per heavy atom. The van der Waals surface area contributed by atoms with Crippen molar-refractivity contribution in [3.8, 4) is 0 Å². The molecule has 0 saturated heterocycles. The van der Waals surface area contributed by atoms with Crippen molar-refractivity contribution in [2.45, 2.75) is 46.1 Å². The quantitative estimate of drug-likeness (QED) is 0.500. The number of carboxylic acids is 1. The van der Waals surface area contributed by atoms with Crippen LogP contribution in [0.25, 0.3) is 0 Å². The van der Waals surface area contributed by atoms with E-state index in [1.807, 2.05) is 20.8 Å². The largest absolute Gasteiger partial charge is 0.480 e. The van der Waals surface area contributed by atoms with Crippen molar-refractivity contribution < 1.29 is 19.5 Å². The van der Waals surface area contributed by atoms with Crippen molar-refractivity contribution in [3.63, 3.8) is 0 Å². The van der Waals surface area contributed by atoms with E-state index in [1.165, 1.54) is 0 Å². The zero-order chi connectivity index (χ0) is 15.5. The zero-order valence-corrected chi connectivity index (χ0v) is 12.4. The van der Waals surface area contributed by atoms with Crippen LogP contribution in [0, 0.1) is 5.92 Å². The van der Waals surface area contributed by atoms with Crippen molar-refractivity contribution >= 4 is 17.9 Å². The number of carboxylic acid groups (broad SMARTS) is 1. The minimum atomic E-state index is -1.07. The first-order valence-electron chi connectivity index (χ1n) is 6.90. The molecule has 0 unspecified atom stereocenters. The molecule has 1 atom stereocenters. The van der Waals surface area contributed by atoms with E-state index in [0.29, 0.717) is 25.3 Å². The number of urea groups is 1. The van der Waals surface area contributed by atoms with Crippen LogP contribution in [-0.2, 0) is 9.59 Å². The lowest BCUT2D eigenvalue weighted by atomic mass is 10.1. The summed E-state index contributed by atoms with van der Waals surface area (Å²) in [5.41, 5.74) is 0. The van der Waals surface area contributed by atoms with Gasteiger partial charge in [0.15, 0.2) is 0 Å². The molecule has 3 amide bonds. The third kappa shape index (κ3) is 9.18. The SMILES string of the molecule is CCCC[C@H](NC(=O)NCC(=O)NCC(C)C)C(=O)O. The molecule has 0 heterocycles. The second kappa shape index (κ2) is 10.1. The molecule has 0 saturated carbocycles. The molecule has 4 N–H and O–H groups in total. The predicted octanol–water partition coefficient (Wildman–Crippen LogP) is 0.701. The van der Waals surface area contributed by atoms with Crippen LogP contribution in [0.3, 0.4) is 0 Å². The molecule has 0 radical (unpaired) electrons. The number of unbranched alkanes of at least 4 members (excludes halogenated alkanes) is 1. The van der Waals surface area contributed by atoms with Crippen molar-refractivity contribution in [2.75, 3.05) is 13.1 Å². The number of nitrogens with one attached hydrogen (secondary N) is 3. The fourth-order valence-electron chi connectivity index (χ4n) is 1.42. The van der Waals surface area contributed by atoms with Gasteiger partial charge in [-0.3, -0.25) is 4.79 Å². The Hall–Kier alpha value is -1.79. The summed E-state index contributed by atoms with van der Waals surface area (Å²) in [5.74, 6) is -1.04. The highest BCUT2D eigenvalue weighted by Gasteiger charge is 2.19. The second-order valence-corrected chi connectivity index (χ2v) is 5.06. The highest BCUT2D eigenvalue weighted by molar-refractivity contribution is 5.86. The van der Waals surface area contributed by atoms with Crippen molar-refractivity contribution in [2.24, 2.45) is 5.92 Å². The summed E-state index contributed by atoms with van der Waals surface area (Å²) in [6.07, 6.45) is 1.94. The molecule has 20 heavy (non-hydrogen) atoms. The number of aliphatic carboxylic acids is 1. The maximum Gasteiger partial charge on any atom is 0.326 e.